The number of pyridine rings is 2. The summed E-state index contributed by atoms with van der Waals surface area (Å²) in [6, 6.07) is 25.8. The van der Waals surface area contributed by atoms with Gasteiger partial charge in [0.2, 0.25) is 5.69 Å². The van der Waals surface area contributed by atoms with Crippen molar-refractivity contribution >= 4 is 10.8 Å². The molecule has 0 saturated heterocycles. The van der Waals surface area contributed by atoms with E-state index in [9.17, 15) is 0 Å². The van der Waals surface area contributed by atoms with Crippen molar-refractivity contribution < 1.29 is 9.13 Å². The number of hydrogen-bond donors (Lipinski definition) is 0. The molecule has 0 unspecified atom stereocenters. The second-order valence-corrected chi connectivity index (χ2v) is 6.53. The Kier molecular flexibility index (Phi) is 3.81. The summed E-state index contributed by atoms with van der Waals surface area (Å²) in [4.78, 5) is 0. The van der Waals surface area contributed by atoms with Crippen LogP contribution >= 0.6 is 0 Å². The van der Waals surface area contributed by atoms with Crippen LogP contribution in [0.25, 0.3) is 33.4 Å². The van der Waals surface area contributed by atoms with Gasteiger partial charge in [0.15, 0.2) is 6.20 Å². The highest BCUT2D eigenvalue weighted by molar-refractivity contribution is 5.91. The fourth-order valence-electron chi connectivity index (χ4n) is 3.59. The molecule has 2 heterocycles. The maximum absolute atomic E-state index is 2.30. The van der Waals surface area contributed by atoms with E-state index in [4.69, 9.17) is 0 Å². The molecule has 0 atom stereocenters. The molecule has 0 amide bonds. The van der Waals surface area contributed by atoms with Crippen molar-refractivity contribution in [2.75, 3.05) is 0 Å². The van der Waals surface area contributed by atoms with Gasteiger partial charge in [0.25, 0.3) is 11.4 Å². The standard InChI is InChI=1S/C23H22N2/c1-17-9-4-6-11-19(17)21-13-8-14-22(25(21)3)23-20-12-7-5-10-18(20)15-16-24(23)2/h4-16H,1-3H3/q+2. The van der Waals surface area contributed by atoms with Crippen LogP contribution in [0.5, 0.6) is 0 Å². The van der Waals surface area contributed by atoms with Crippen molar-refractivity contribution in [3.8, 4) is 22.6 Å². The minimum Gasteiger partial charge on any atom is -0.195 e. The van der Waals surface area contributed by atoms with Crippen molar-refractivity contribution in [3.05, 3.63) is 84.6 Å². The molecule has 0 fully saturated rings. The van der Waals surface area contributed by atoms with Gasteiger partial charge in [-0.2, -0.15) is 9.13 Å². The van der Waals surface area contributed by atoms with Gasteiger partial charge < -0.3 is 0 Å². The van der Waals surface area contributed by atoms with E-state index in [1.54, 1.807) is 0 Å². The summed E-state index contributed by atoms with van der Waals surface area (Å²) < 4.78 is 4.50. The molecule has 0 aliphatic carbocycles. The predicted molar refractivity (Wildman–Crippen MR) is 102 cm³/mol. The minimum absolute atomic E-state index is 1.21. The Balaban J connectivity index is 2.02. The van der Waals surface area contributed by atoms with E-state index >= 15 is 0 Å². The quantitative estimate of drug-likeness (QED) is 0.489. The van der Waals surface area contributed by atoms with Crippen molar-refractivity contribution in [1.29, 1.82) is 0 Å². The average Bonchev–Trinajstić information content (AvgIpc) is 2.63. The molecule has 4 aromatic rings. The number of fused-ring (bicyclic) bond motifs is 1. The topological polar surface area (TPSA) is 7.76 Å². The second-order valence-electron chi connectivity index (χ2n) is 6.53. The van der Waals surface area contributed by atoms with Crippen molar-refractivity contribution in [2.24, 2.45) is 14.1 Å². The average molecular weight is 326 g/mol. The van der Waals surface area contributed by atoms with Crippen LogP contribution < -0.4 is 9.13 Å². The Bertz CT molecular complexity index is 1080. The number of hydrogen-bond acceptors (Lipinski definition) is 0. The minimum atomic E-state index is 1.21. The fourth-order valence-corrected chi connectivity index (χ4v) is 3.59. The maximum atomic E-state index is 2.30. The lowest BCUT2D eigenvalue weighted by molar-refractivity contribution is -0.684. The summed E-state index contributed by atoms with van der Waals surface area (Å²) in [7, 11) is 4.26. The Morgan fingerprint density at radius 1 is 0.680 bits per heavy atom. The molecule has 0 N–H and O–H groups in total. The number of rotatable bonds is 2. The van der Waals surface area contributed by atoms with Gasteiger partial charge in [-0.25, -0.2) is 0 Å². The van der Waals surface area contributed by atoms with Gasteiger partial charge in [-0.1, -0.05) is 36.4 Å². The molecule has 4 rings (SSSR count). The van der Waals surface area contributed by atoms with Gasteiger partial charge in [0.05, 0.1) is 5.39 Å². The van der Waals surface area contributed by atoms with E-state index < -0.39 is 0 Å². The first-order chi connectivity index (χ1) is 12.2. The predicted octanol–water partition coefficient (Wildman–Crippen LogP) is 4.13. The Morgan fingerprint density at radius 3 is 2.24 bits per heavy atom. The van der Waals surface area contributed by atoms with Crippen LogP contribution in [-0.4, -0.2) is 0 Å². The van der Waals surface area contributed by atoms with Crippen LogP contribution in [0.1, 0.15) is 5.56 Å². The maximum Gasteiger partial charge on any atom is 0.285 e. The molecule has 2 heteroatoms. The highest BCUT2D eigenvalue weighted by Gasteiger charge is 2.25. The molecule has 0 bridgehead atoms. The molecular weight excluding hydrogens is 304 g/mol. The third kappa shape index (κ3) is 2.60. The summed E-state index contributed by atoms with van der Waals surface area (Å²) in [6.45, 7) is 2.17. The molecule has 0 aliphatic heterocycles. The Morgan fingerprint density at radius 2 is 1.40 bits per heavy atom. The van der Waals surface area contributed by atoms with E-state index in [-0.39, 0.29) is 0 Å². The van der Waals surface area contributed by atoms with Gasteiger partial charge in [-0.15, -0.1) is 0 Å². The number of benzene rings is 2. The molecule has 0 aliphatic rings. The molecule has 0 saturated carbocycles. The molecule has 122 valence electrons. The van der Waals surface area contributed by atoms with Gasteiger partial charge in [0.1, 0.15) is 14.1 Å². The van der Waals surface area contributed by atoms with Gasteiger partial charge in [-0.3, -0.25) is 0 Å². The summed E-state index contributed by atoms with van der Waals surface area (Å²) in [5.41, 5.74) is 6.23. The smallest absolute Gasteiger partial charge is 0.195 e. The SMILES string of the molecule is Cc1ccccc1-c1cccc(-c2c3ccccc3cc[n+]2C)[n+]1C. The molecule has 0 radical (unpaired) electrons. The highest BCUT2D eigenvalue weighted by Crippen LogP contribution is 2.26. The third-order valence-electron chi connectivity index (χ3n) is 4.94. The molecule has 2 aromatic heterocycles. The largest absolute Gasteiger partial charge is 0.285 e. The zero-order chi connectivity index (χ0) is 17.4. The van der Waals surface area contributed by atoms with E-state index in [1.165, 1.54) is 39.0 Å². The monoisotopic (exact) mass is 326 g/mol. The van der Waals surface area contributed by atoms with E-state index in [1.807, 2.05) is 0 Å². The van der Waals surface area contributed by atoms with Crippen LogP contribution in [0.4, 0.5) is 0 Å². The lowest BCUT2D eigenvalue weighted by atomic mass is 10.0. The second kappa shape index (κ2) is 6.14. The zero-order valence-electron chi connectivity index (χ0n) is 14.9. The molecule has 0 spiro atoms. The van der Waals surface area contributed by atoms with Gasteiger partial charge >= 0.3 is 0 Å². The van der Waals surface area contributed by atoms with Crippen LogP contribution in [-0.2, 0) is 14.1 Å². The molecule has 2 aromatic carbocycles. The van der Waals surface area contributed by atoms with Crippen molar-refractivity contribution in [2.45, 2.75) is 6.92 Å². The molecular formula is C23H22N2+2. The normalized spacial score (nSPS) is 11.0. The molecule has 2 nitrogen and oxygen atoms in total. The Hall–Kier alpha value is -3.00. The summed E-state index contributed by atoms with van der Waals surface area (Å²) in [5, 5.41) is 2.53. The lowest BCUT2D eigenvalue weighted by Gasteiger charge is -2.08. The van der Waals surface area contributed by atoms with Crippen LogP contribution in [0.15, 0.2) is 79.0 Å². The Labute approximate surface area is 148 Å². The van der Waals surface area contributed by atoms with Gasteiger partial charge in [0, 0.05) is 23.8 Å². The summed E-state index contributed by atoms with van der Waals surface area (Å²) >= 11 is 0. The van der Waals surface area contributed by atoms with Crippen molar-refractivity contribution in [3.63, 3.8) is 0 Å². The van der Waals surface area contributed by atoms with Crippen LogP contribution in [0.2, 0.25) is 0 Å². The number of aryl methyl sites for hydroxylation is 2. The van der Waals surface area contributed by atoms with Crippen LogP contribution in [0, 0.1) is 6.92 Å². The first kappa shape index (κ1) is 15.5. The first-order valence-electron chi connectivity index (χ1n) is 8.59. The third-order valence-corrected chi connectivity index (χ3v) is 4.94. The van der Waals surface area contributed by atoms with E-state index in [2.05, 4.69) is 109 Å². The van der Waals surface area contributed by atoms with Gasteiger partial charge in [-0.05, 0) is 36.1 Å². The summed E-state index contributed by atoms with van der Waals surface area (Å²) in [6.07, 6.45) is 2.14. The number of aromatic nitrogens is 2. The summed E-state index contributed by atoms with van der Waals surface area (Å²) in [5.74, 6) is 0. The van der Waals surface area contributed by atoms with E-state index in [0.29, 0.717) is 0 Å². The molecule has 25 heavy (non-hydrogen) atoms. The fraction of sp³-hybridized carbons (Fsp3) is 0.130. The first-order valence-corrected chi connectivity index (χ1v) is 8.59. The highest BCUT2D eigenvalue weighted by atomic mass is 15.0. The zero-order valence-corrected chi connectivity index (χ0v) is 14.9. The van der Waals surface area contributed by atoms with Crippen LogP contribution in [0.3, 0.4) is 0 Å². The lowest BCUT2D eigenvalue weighted by Crippen LogP contribution is -2.40. The van der Waals surface area contributed by atoms with E-state index in [0.717, 1.165) is 0 Å². The van der Waals surface area contributed by atoms with Crippen molar-refractivity contribution in [1.82, 2.24) is 0 Å². The number of nitrogens with zero attached hydrogens (tertiary/aromatic N) is 2.